The third-order valence-electron chi connectivity index (χ3n) is 3.31. The Hall–Kier alpha value is -4.15. The Kier molecular flexibility index (Phi) is 4.34. The van der Waals surface area contributed by atoms with Gasteiger partial charge in [0.05, 0.1) is 9.85 Å². The van der Waals surface area contributed by atoms with Crippen LogP contribution in [0.5, 0.6) is 0 Å². The van der Waals surface area contributed by atoms with E-state index in [1.54, 1.807) is 0 Å². The minimum absolute atomic E-state index is 0.0684. The van der Waals surface area contributed by atoms with Crippen LogP contribution < -0.4 is 5.32 Å². The molecule has 0 radical (unpaired) electrons. The lowest BCUT2D eigenvalue weighted by atomic mass is 10.2. The summed E-state index contributed by atoms with van der Waals surface area (Å²) in [5, 5.41) is 31.0. The number of anilines is 1. The van der Waals surface area contributed by atoms with Gasteiger partial charge < -0.3 is 4.42 Å². The third-order valence-corrected chi connectivity index (χ3v) is 3.31. The summed E-state index contributed by atoms with van der Waals surface area (Å²) >= 11 is 0. The monoisotopic (exact) mass is 355 g/mol. The maximum Gasteiger partial charge on any atom is 0.322 e. The fourth-order valence-electron chi connectivity index (χ4n) is 2.02. The number of nitro benzene ring substituents is 2. The quantitative estimate of drug-likeness (QED) is 0.541. The molecule has 0 atom stereocenters. The largest absolute Gasteiger partial charge is 0.403 e. The minimum atomic E-state index is -0.584. The van der Waals surface area contributed by atoms with Crippen molar-refractivity contribution < 1.29 is 19.1 Å². The predicted molar refractivity (Wildman–Crippen MR) is 87.4 cm³/mol. The van der Waals surface area contributed by atoms with E-state index in [1.165, 1.54) is 48.5 Å². The summed E-state index contributed by atoms with van der Waals surface area (Å²) in [5.74, 6) is -0.516. The van der Waals surface area contributed by atoms with E-state index in [0.29, 0.717) is 5.56 Å². The molecular formula is C15H9N5O6. The van der Waals surface area contributed by atoms with E-state index < -0.39 is 15.8 Å². The molecule has 11 heteroatoms. The molecule has 1 heterocycles. The van der Waals surface area contributed by atoms with E-state index in [4.69, 9.17) is 4.42 Å². The summed E-state index contributed by atoms with van der Waals surface area (Å²) in [5.41, 5.74) is 0.393. The molecular weight excluding hydrogens is 346 g/mol. The lowest BCUT2D eigenvalue weighted by Gasteiger charge is -2.00. The highest BCUT2D eigenvalue weighted by atomic mass is 16.6. The van der Waals surface area contributed by atoms with E-state index in [1.807, 2.05) is 0 Å². The second kappa shape index (κ2) is 6.76. The number of amides is 1. The molecule has 11 nitrogen and oxygen atoms in total. The standard InChI is InChI=1S/C15H9N5O6/c21-13(9-1-5-11(6-2-9)19(22)23)16-15-18-17-14(26-15)10-3-7-12(8-4-10)20(24)25/h1-8H,(H,16,18,21). The van der Waals surface area contributed by atoms with Gasteiger partial charge in [0.2, 0.25) is 5.89 Å². The van der Waals surface area contributed by atoms with Crippen molar-refractivity contribution in [1.82, 2.24) is 10.2 Å². The Morgan fingerprint density at radius 1 is 0.885 bits per heavy atom. The number of nitro groups is 2. The number of hydrogen-bond donors (Lipinski definition) is 1. The van der Waals surface area contributed by atoms with Gasteiger partial charge in [-0.15, -0.1) is 5.10 Å². The topological polar surface area (TPSA) is 154 Å². The lowest BCUT2D eigenvalue weighted by Crippen LogP contribution is -2.12. The highest BCUT2D eigenvalue weighted by molar-refractivity contribution is 6.03. The van der Waals surface area contributed by atoms with E-state index in [0.717, 1.165) is 0 Å². The first kappa shape index (κ1) is 16.7. The van der Waals surface area contributed by atoms with Crippen LogP contribution in [0.2, 0.25) is 0 Å². The first-order valence-electron chi connectivity index (χ1n) is 7.08. The van der Waals surface area contributed by atoms with Gasteiger partial charge in [-0.1, -0.05) is 5.10 Å². The van der Waals surface area contributed by atoms with Crippen LogP contribution in [-0.2, 0) is 0 Å². The Bertz CT molecular complexity index is 981. The van der Waals surface area contributed by atoms with Gasteiger partial charge in [-0.25, -0.2) is 0 Å². The Morgan fingerprint density at radius 3 is 1.96 bits per heavy atom. The van der Waals surface area contributed by atoms with Crippen LogP contribution in [0.15, 0.2) is 52.9 Å². The molecule has 0 saturated carbocycles. The van der Waals surface area contributed by atoms with E-state index in [9.17, 15) is 25.0 Å². The molecule has 26 heavy (non-hydrogen) atoms. The number of benzene rings is 2. The van der Waals surface area contributed by atoms with Crippen molar-refractivity contribution in [3.05, 3.63) is 74.3 Å². The SMILES string of the molecule is O=C(Nc1nnc(-c2ccc([N+](=O)[O-])cc2)o1)c1ccc([N+](=O)[O-])cc1. The fraction of sp³-hybridized carbons (Fsp3) is 0. The second-order valence-corrected chi connectivity index (χ2v) is 4.97. The van der Waals surface area contributed by atoms with Gasteiger partial charge in [0, 0.05) is 35.4 Å². The molecule has 130 valence electrons. The summed E-state index contributed by atoms with van der Waals surface area (Å²) in [4.78, 5) is 32.2. The molecule has 0 saturated heterocycles. The van der Waals surface area contributed by atoms with Gasteiger partial charge in [-0.05, 0) is 24.3 Å². The van der Waals surface area contributed by atoms with E-state index in [-0.39, 0.29) is 28.8 Å². The summed E-state index contributed by atoms with van der Waals surface area (Å²) in [6.07, 6.45) is 0. The molecule has 2 aromatic carbocycles. The minimum Gasteiger partial charge on any atom is -0.403 e. The molecule has 3 aromatic rings. The highest BCUT2D eigenvalue weighted by Crippen LogP contribution is 2.23. The van der Waals surface area contributed by atoms with Crippen LogP contribution in [0.1, 0.15) is 10.4 Å². The van der Waals surface area contributed by atoms with Crippen LogP contribution in [0.4, 0.5) is 17.4 Å². The van der Waals surface area contributed by atoms with Gasteiger partial charge in [0.1, 0.15) is 0 Å². The van der Waals surface area contributed by atoms with Crippen LogP contribution in [-0.4, -0.2) is 26.0 Å². The van der Waals surface area contributed by atoms with E-state index >= 15 is 0 Å². The average Bonchev–Trinajstić information content (AvgIpc) is 3.10. The second-order valence-electron chi connectivity index (χ2n) is 4.97. The third kappa shape index (κ3) is 3.51. The van der Waals surface area contributed by atoms with Crippen molar-refractivity contribution in [1.29, 1.82) is 0 Å². The molecule has 1 N–H and O–H groups in total. The Balaban J connectivity index is 1.72. The molecule has 0 spiro atoms. The van der Waals surface area contributed by atoms with Crippen molar-refractivity contribution >= 4 is 23.3 Å². The summed E-state index contributed by atoms with van der Waals surface area (Å²) in [6.45, 7) is 0. The average molecular weight is 355 g/mol. The van der Waals surface area contributed by atoms with Crippen LogP contribution in [0.25, 0.3) is 11.5 Å². The number of nitrogens with zero attached hydrogens (tertiary/aromatic N) is 4. The van der Waals surface area contributed by atoms with Crippen LogP contribution >= 0.6 is 0 Å². The normalized spacial score (nSPS) is 10.3. The van der Waals surface area contributed by atoms with Gasteiger partial charge in [-0.2, -0.15) is 0 Å². The zero-order chi connectivity index (χ0) is 18.7. The van der Waals surface area contributed by atoms with Crippen molar-refractivity contribution in [3.8, 4) is 11.5 Å². The maximum absolute atomic E-state index is 12.1. The highest BCUT2D eigenvalue weighted by Gasteiger charge is 2.15. The first-order chi connectivity index (χ1) is 12.4. The number of rotatable bonds is 5. The van der Waals surface area contributed by atoms with Gasteiger partial charge in [0.15, 0.2) is 0 Å². The number of hydrogen-bond acceptors (Lipinski definition) is 8. The molecule has 0 unspecified atom stereocenters. The number of non-ortho nitro benzene ring substituents is 2. The van der Waals surface area contributed by atoms with E-state index in [2.05, 4.69) is 15.5 Å². The number of nitrogens with one attached hydrogen (secondary N) is 1. The van der Waals surface area contributed by atoms with Crippen molar-refractivity contribution in [2.24, 2.45) is 0 Å². The first-order valence-corrected chi connectivity index (χ1v) is 7.08. The molecule has 0 aliphatic carbocycles. The molecule has 1 aromatic heterocycles. The molecule has 0 bridgehead atoms. The summed E-state index contributed by atoms with van der Waals surface area (Å²) < 4.78 is 5.29. The Morgan fingerprint density at radius 2 is 1.42 bits per heavy atom. The molecule has 0 fully saturated rings. The lowest BCUT2D eigenvalue weighted by molar-refractivity contribution is -0.385. The molecule has 0 aliphatic rings. The van der Waals surface area contributed by atoms with Gasteiger partial charge in [0.25, 0.3) is 17.3 Å². The summed E-state index contributed by atoms with van der Waals surface area (Å²) in [6, 6.07) is 10.3. The van der Waals surface area contributed by atoms with Crippen molar-refractivity contribution in [2.75, 3.05) is 5.32 Å². The Labute approximate surface area is 144 Å². The number of carbonyl (C=O) groups is 1. The zero-order valence-corrected chi connectivity index (χ0v) is 12.9. The number of carbonyl (C=O) groups excluding carboxylic acids is 1. The van der Waals surface area contributed by atoms with Crippen molar-refractivity contribution in [3.63, 3.8) is 0 Å². The van der Waals surface area contributed by atoms with Crippen LogP contribution in [0.3, 0.4) is 0 Å². The van der Waals surface area contributed by atoms with Crippen molar-refractivity contribution in [2.45, 2.75) is 0 Å². The predicted octanol–water partition coefficient (Wildman–Crippen LogP) is 2.81. The van der Waals surface area contributed by atoms with Gasteiger partial charge in [-0.3, -0.25) is 30.3 Å². The molecule has 3 rings (SSSR count). The number of aromatic nitrogens is 2. The smallest absolute Gasteiger partial charge is 0.322 e. The maximum atomic E-state index is 12.1. The zero-order valence-electron chi connectivity index (χ0n) is 12.9. The fourth-order valence-corrected chi connectivity index (χ4v) is 2.02. The summed E-state index contributed by atoms with van der Waals surface area (Å²) in [7, 11) is 0. The molecule has 0 aliphatic heterocycles. The van der Waals surface area contributed by atoms with Crippen LogP contribution in [0, 0.1) is 20.2 Å². The van der Waals surface area contributed by atoms with Gasteiger partial charge >= 0.3 is 6.01 Å². The molecule has 1 amide bonds.